The van der Waals surface area contributed by atoms with Crippen molar-refractivity contribution in [2.45, 2.75) is 37.1 Å². The Morgan fingerprint density at radius 3 is 2.56 bits per heavy atom. The second kappa shape index (κ2) is 9.00. The molecule has 1 fully saturated rings. The molecule has 1 aromatic carbocycles. The Balaban J connectivity index is 1.77. The van der Waals surface area contributed by atoms with E-state index in [9.17, 15) is 17.6 Å². The molecular formula is C17H25FN2O3S2. The van der Waals surface area contributed by atoms with E-state index >= 15 is 0 Å². The molecule has 0 spiro atoms. The van der Waals surface area contributed by atoms with Crippen LogP contribution >= 0.6 is 11.8 Å². The van der Waals surface area contributed by atoms with Gasteiger partial charge >= 0.3 is 0 Å². The summed E-state index contributed by atoms with van der Waals surface area (Å²) in [4.78, 5) is 14.6. The number of thioether (sulfide) groups is 1. The van der Waals surface area contributed by atoms with Crippen LogP contribution in [0.3, 0.4) is 0 Å². The van der Waals surface area contributed by atoms with Crippen molar-refractivity contribution in [3.8, 4) is 0 Å². The quantitative estimate of drug-likeness (QED) is 0.674. The first-order valence-electron chi connectivity index (χ1n) is 8.46. The lowest BCUT2D eigenvalue weighted by Crippen LogP contribution is -2.47. The van der Waals surface area contributed by atoms with Gasteiger partial charge in [0.05, 0.1) is 5.75 Å². The molecule has 0 aromatic heterocycles. The van der Waals surface area contributed by atoms with Crippen molar-refractivity contribution in [2.75, 3.05) is 31.6 Å². The number of benzene rings is 1. The van der Waals surface area contributed by atoms with E-state index in [0.29, 0.717) is 43.0 Å². The van der Waals surface area contributed by atoms with Gasteiger partial charge in [0, 0.05) is 43.2 Å². The summed E-state index contributed by atoms with van der Waals surface area (Å²) in [5.41, 5.74) is 0. The predicted octanol–water partition coefficient (Wildman–Crippen LogP) is 2.58. The zero-order valence-electron chi connectivity index (χ0n) is 14.7. The van der Waals surface area contributed by atoms with Crippen molar-refractivity contribution >= 4 is 27.7 Å². The standard InChI is InChI=1S/C17H25FN2O3S2/c1-3-25(22,23)19(2)14-8-11-20(12-9-14)17(21)10-13-24-16-7-5-4-6-15(16)18/h4-7,14H,3,8-13H2,1-2H3. The smallest absolute Gasteiger partial charge is 0.223 e. The largest absolute Gasteiger partial charge is 0.343 e. The maximum atomic E-state index is 13.5. The molecule has 1 heterocycles. The summed E-state index contributed by atoms with van der Waals surface area (Å²) in [5.74, 6) is 0.406. The molecule has 1 aliphatic heterocycles. The van der Waals surface area contributed by atoms with Gasteiger partial charge < -0.3 is 4.90 Å². The summed E-state index contributed by atoms with van der Waals surface area (Å²) in [6, 6.07) is 6.50. The fraction of sp³-hybridized carbons (Fsp3) is 0.588. The van der Waals surface area contributed by atoms with Crippen LogP contribution in [0.5, 0.6) is 0 Å². The molecule has 1 amide bonds. The van der Waals surface area contributed by atoms with Crippen LogP contribution in [0, 0.1) is 5.82 Å². The lowest BCUT2D eigenvalue weighted by molar-refractivity contribution is -0.132. The van der Waals surface area contributed by atoms with E-state index in [1.165, 1.54) is 22.1 Å². The van der Waals surface area contributed by atoms with Crippen molar-refractivity contribution in [1.29, 1.82) is 0 Å². The molecule has 1 aromatic rings. The van der Waals surface area contributed by atoms with E-state index in [1.807, 2.05) is 0 Å². The van der Waals surface area contributed by atoms with E-state index < -0.39 is 10.0 Å². The van der Waals surface area contributed by atoms with E-state index in [-0.39, 0.29) is 23.5 Å². The zero-order chi connectivity index (χ0) is 18.4. The number of carbonyl (C=O) groups is 1. The fourth-order valence-electron chi connectivity index (χ4n) is 2.88. The van der Waals surface area contributed by atoms with Crippen molar-refractivity contribution in [1.82, 2.24) is 9.21 Å². The second-order valence-corrected chi connectivity index (χ2v) is 9.51. The minimum atomic E-state index is -3.19. The lowest BCUT2D eigenvalue weighted by Gasteiger charge is -2.36. The number of hydrogen-bond acceptors (Lipinski definition) is 4. The number of likely N-dealkylation sites (tertiary alicyclic amines) is 1. The number of piperidine rings is 1. The van der Waals surface area contributed by atoms with E-state index in [1.54, 1.807) is 37.1 Å². The molecular weight excluding hydrogens is 363 g/mol. The summed E-state index contributed by atoms with van der Waals surface area (Å²) in [6.07, 6.45) is 1.66. The highest BCUT2D eigenvalue weighted by Gasteiger charge is 2.29. The van der Waals surface area contributed by atoms with Gasteiger partial charge in [-0.15, -0.1) is 11.8 Å². The molecule has 2 rings (SSSR count). The Hall–Kier alpha value is -1.12. The molecule has 140 valence electrons. The van der Waals surface area contributed by atoms with Gasteiger partial charge in [0.2, 0.25) is 15.9 Å². The minimum absolute atomic E-state index is 0.0400. The molecule has 8 heteroatoms. The average molecular weight is 389 g/mol. The molecule has 5 nitrogen and oxygen atoms in total. The number of nitrogens with zero attached hydrogens (tertiary/aromatic N) is 2. The van der Waals surface area contributed by atoms with Gasteiger partial charge in [-0.05, 0) is 31.9 Å². The van der Waals surface area contributed by atoms with Crippen LogP contribution in [0.15, 0.2) is 29.2 Å². The first kappa shape index (κ1) is 20.2. The third kappa shape index (κ3) is 5.43. The maximum absolute atomic E-state index is 13.5. The topological polar surface area (TPSA) is 57.7 Å². The number of carbonyl (C=O) groups excluding carboxylic acids is 1. The SMILES string of the molecule is CCS(=O)(=O)N(C)C1CCN(C(=O)CCSc2ccccc2F)CC1. The number of hydrogen-bond donors (Lipinski definition) is 0. The van der Waals surface area contributed by atoms with Gasteiger partial charge in [-0.2, -0.15) is 0 Å². The summed E-state index contributed by atoms with van der Waals surface area (Å²) >= 11 is 1.34. The molecule has 0 atom stereocenters. The Kier molecular flexibility index (Phi) is 7.27. The Bertz CT molecular complexity index is 689. The second-order valence-electron chi connectivity index (χ2n) is 6.06. The number of rotatable bonds is 7. The van der Waals surface area contributed by atoms with Gasteiger partial charge in [0.25, 0.3) is 0 Å². The first-order valence-corrected chi connectivity index (χ1v) is 11.1. The monoisotopic (exact) mass is 388 g/mol. The number of sulfonamides is 1. The van der Waals surface area contributed by atoms with Gasteiger partial charge in [-0.25, -0.2) is 17.1 Å². The summed E-state index contributed by atoms with van der Waals surface area (Å²) in [5, 5.41) is 0. The molecule has 0 bridgehead atoms. The fourth-order valence-corrected chi connectivity index (χ4v) is 4.83. The molecule has 0 N–H and O–H groups in total. The van der Waals surface area contributed by atoms with Crippen LogP contribution in [0.2, 0.25) is 0 Å². The molecule has 1 aliphatic rings. The van der Waals surface area contributed by atoms with Crippen LogP contribution in [0.1, 0.15) is 26.2 Å². The number of amides is 1. The van der Waals surface area contributed by atoms with Crippen LogP contribution < -0.4 is 0 Å². The Morgan fingerprint density at radius 1 is 1.32 bits per heavy atom. The third-order valence-corrected chi connectivity index (χ3v) is 7.50. The first-order chi connectivity index (χ1) is 11.8. The molecule has 25 heavy (non-hydrogen) atoms. The minimum Gasteiger partial charge on any atom is -0.343 e. The summed E-state index contributed by atoms with van der Waals surface area (Å²) in [7, 11) is -1.58. The predicted molar refractivity (Wildman–Crippen MR) is 98.6 cm³/mol. The van der Waals surface area contributed by atoms with Crippen LogP contribution in [0.25, 0.3) is 0 Å². The third-order valence-electron chi connectivity index (χ3n) is 4.55. The van der Waals surface area contributed by atoms with E-state index in [2.05, 4.69) is 0 Å². The van der Waals surface area contributed by atoms with E-state index in [0.717, 1.165) is 0 Å². The van der Waals surface area contributed by atoms with Gasteiger partial charge in [0.15, 0.2) is 0 Å². The zero-order valence-corrected chi connectivity index (χ0v) is 16.3. The molecule has 0 aliphatic carbocycles. The normalized spacial score (nSPS) is 16.4. The van der Waals surface area contributed by atoms with Crippen molar-refractivity contribution < 1.29 is 17.6 Å². The van der Waals surface area contributed by atoms with Gasteiger partial charge in [0.1, 0.15) is 5.82 Å². The molecule has 1 saturated heterocycles. The van der Waals surface area contributed by atoms with Gasteiger partial charge in [-0.1, -0.05) is 12.1 Å². The van der Waals surface area contributed by atoms with Crippen molar-refractivity contribution in [3.63, 3.8) is 0 Å². The number of halogens is 1. The Labute approximate surface area is 153 Å². The van der Waals surface area contributed by atoms with Crippen molar-refractivity contribution in [2.24, 2.45) is 0 Å². The Morgan fingerprint density at radius 2 is 1.96 bits per heavy atom. The average Bonchev–Trinajstić information content (AvgIpc) is 2.62. The van der Waals surface area contributed by atoms with Crippen LogP contribution in [0.4, 0.5) is 4.39 Å². The molecule has 0 radical (unpaired) electrons. The lowest BCUT2D eigenvalue weighted by atomic mass is 10.1. The van der Waals surface area contributed by atoms with Crippen LogP contribution in [-0.2, 0) is 14.8 Å². The van der Waals surface area contributed by atoms with Crippen molar-refractivity contribution in [3.05, 3.63) is 30.1 Å². The highest BCUT2D eigenvalue weighted by Crippen LogP contribution is 2.23. The maximum Gasteiger partial charge on any atom is 0.223 e. The molecule has 0 unspecified atom stereocenters. The summed E-state index contributed by atoms with van der Waals surface area (Å²) < 4.78 is 38.8. The molecule has 0 saturated carbocycles. The summed E-state index contributed by atoms with van der Waals surface area (Å²) in [6.45, 7) is 2.77. The highest BCUT2D eigenvalue weighted by atomic mass is 32.2. The van der Waals surface area contributed by atoms with E-state index in [4.69, 9.17) is 0 Å². The van der Waals surface area contributed by atoms with Crippen LogP contribution in [-0.4, -0.2) is 61.2 Å². The van der Waals surface area contributed by atoms with Gasteiger partial charge in [-0.3, -0.25) is 4.79 Å². The highest BCUT2D eigenvalue weighted by molar-refractivity contribution is 7.99.